The maximum atomic E-state index is 13.4. The van der Waals surface area contributed by atoms with Crippen molar-refractivity contribution in [2.75, 3.05) is 17.9 Å². The van der Waals surface area contributed by atoms with Gasteiger partial charge >= 0.3 is 0 Å². The molecule has 0 heterocycles. The van der Waals surface area contributed by atoms with Crippen molar-refractivity contribution >= 4 is 21.6 Å². The number of amides is 1. The van der Waals surface area contributed by atoms with E-state index < -0.39 is 10.0 Å². The van der Waals surface area contributed by atoms with Crippen molar-refractivity contribution in [1.82, 2.24) is 4.90 Å². The van der Waals surface area contributed by atoms with Crippen LogP contribution in [0.2, 0.25) is 0 Å². The molecule has 0 aliphatic heterocycles. The Labute approximate surface area is 178 Å². The summed E-state index contributed by atoms with van der Waals surface area (Å²) in [7, 11) is -2.22. The minimum absolute atomic E-state index is 0.159. The van der Waals surface area contributed by atoms with Gasteiger partial charge in [-0.1, -0.05) is 65.7 Å². The minimum Gasteiger partial charge on any atom is -0.340 e. The standard InChI is InChI=1S/C24H26N2O3S/c1-19-9-13-22(14-10-19)26(30(28,29)23-15-11-20(2)12-16-23)18-24(27)25(3)17-21-7-5-4-6-8-21/h4-16H,17-18H2,1-3H3. The zero-order valence-corrected chi connectivity index (χ0v) is 18.3. The summed E-state index contributed by atoms with van der Waals surface area (Å²) in [5.74, 6) is -0.282. The van der Waals surface area contributed by atoms with Gasteiger partial charge in [-0.3, -0.25) is 9.10 Å². The van der Waals surface area contributed by atoms with Gasteiger partial charge < -0.3 is 4.90 Å². The summed E-state index contributed by atoms with van der Waals surface area (Å²) in [6.45, 7) is 3.96. The first-order valence-corrected chi connectivity index (χ1v) is 11.2. The van der Waals surface area contributed by atoms with Crippen molar-refractivity contribution in [2.45, 2.75) is 25.3 Å². The van der Waals surface area contributed by atoms with E-state index in [-0.39, 0.29) is 17.3 Å². The lowest BCUT2D eigenvalue weighted by Gasteiger charge is -2.27. The normalized spacial score (nSPS) is 11.2. The van der Waals surface area contributed by atoms with E-state index in [2.05, 4.69) is 0 Å². The van der Waals surface area contributed by atoms with Gasteiger partial charge in [-0.2, -0.15) is 0 Å². The van der Waals surface area contributed by atoms with E-state index >= 15 is 0 Å². The minimum atomic E-state index is -3.90. The highest BCUT2D eigenvalue weighted by molar-refractivity contribution is 7.92. The number of hydrogen-bond donors (Lipinski definition) is 0. The fraction of sp³-hybridized carbons (Fsp3) is 0.208. The fourth-order valence-electron chi connectivity index (χ4n) is 3.05. The summed E-state index contributed by atoms with van der Waals surface area (Å²) < 4.78 is 28.0. The van der Waals surface area contributed by atoms with E-state index in [1.807, 2.05) is 56.3 Å². The molecule has 0 radical (unpaired) electrons. The monoisotopic (exact) mass is 422 g/mol. The van der Waals surface area contributed by atoms with E-state index in [1.165, 1.54) is 4.31 Å². The number of nitrogens with zero attached hydrogens (tertiary/aromatic N) is 2. The van der Waals surface area contributed by atoms with Gasteiger partial charge in [-0.15, -0.1) is 0 Å². The summed E-state index contributed by atoms with van der Waals surface area (Å²) in [6, 6.07) is 23.4. The largest absolute Gasteiger partial charge is 0.340 e. The topological polar surface area (TPSA) is 57.7 Å². The second-order valence-corrected chi connectivity index (χ2v) is 9.26. The van der Waals surface area contributed by atoms with Crippen LogP contribution in [0.3, 0.4) is 0 Å². The highest BCUT2D eigenvalue weighted by Crippen LogP contribution is 2.24. The van der Waals surface area contributed by atoms with Gasteiger partial charge in [-0.25, -0.2) is 8.42 Å². The van der Waals surface area contributed by atoms with E-state index in [0.717, 1.165) is 16.7 Å². The predicted octanol–water partition coefficient (Wildman–Crippen LogP) is 4.16. The number of carbonyl (C=O) groups is 1. The molecule has 156 valence electrons. The number of benzene rings is 3. The van der Waals surface area contributed by atoms with Crippen molar-refractivity contribution < 1.29 is 13.2 Å². The Morgan fingerprint density at radius 3 is 1.90 bits per heavy atom. The number of carbonyl (C=O) groups excluding carboxylic acids is 1. The Kier molecular flexibility index (Phi) is 6.57. The molecule has 3 aromatic carbocycles. The van der Waals surface area contributed by atoms with Gasteiger partial charge in [0.15, 0.2) is 0 Å². The van der Waals surface area contributed by atoms with Gasteiger partial charge in [0.1, 0.15) is 6.54 Å². The lowest BCUT2D eigenvalue weighted by Crippen LogP contribution is -2.41. The molecule has 5 nitrogen and oxygen atoms in total. The van der Waals surface area contributed by atoms with Gasteiger partial charge in [0.05, 0.1) is 10.6 Å². The van der Waals surface area contributed by atoms with E-state index in [0.29, 0.717) is 12.2 Å². The zero-order chi connectivity index (χ0) is 21.7. The highest BCUT2D eigenvalue weighted by atomic mass is 32.2. The number of anilines is 1. The third kappa shape index (κ3) is 5.07. The molecule has 6 heteroatoms. The van der Waals surface area contributed by atoms with Gasteiger partial charge in [0.25, 0.3) is 10.0 Å². The second-order valence-electron chi connectivity index (χ2n) is 7.40. The molecule has 0 fully saturated rings. The number of aryl methyl sites for hydroxylation is 2. The Balaban J connectivity index is 1.90. The van der Waals surface area contributed by atoms with Crippen LogP contribution >= 0.6 is 0 Å². The first kappa shape index (κ1) is 21.6. The lowest BCUT2D eigenvalue weighted by atomic mass is 10.2. The summed E-state index contributed by atoms with van der Waals surface area (Å²) >= 11 is 0. The van der Waals surface area contributed by atoms with Crippen LogP contribution in [0.1, 0.15) is 16.7 Å². The number of likely N-dealkylation sites (N-methyl/N-ethyl adjacent to an activating group) is 1. The van der Waals surface area contributed by atoms with Crippen molar-refractivity contribution in [3.05, 3.63) is 95.6 Å². The van der Waals surface area contributed by atoms with Gasteiger partial charge in [0, 0.05) is 13.6 Å². The third-order valence-corrected chi connectivity index (χ3v) is 6.69. The summed E-state index contributed by atoms with van der Waals surface area (Å²) in [5, 5.41) is 0. The molecule has 3 aromatic rings. The quantitative estimate of drug-likeness (QED) is 0.575. The molecule has 0 aliphatic carbocycles. The van der Waals surface area contributed by atoms with Crippen LogP contribution in [0.4, 0.5) is 5.69 Å². The van der Waals surface area contributed by atoms with E-state index in [4.69, 9.17) is 0 Å². The predicted molar refractivity (Wildman–Crippen MR) is 120 cm³/mol. The third-order valence-electron chi connectivity index (χ3n) is 4.90. The second kappa shape index (κ2) is 9.13. The molecular weight excluding hydrogens is 396 g/mol. The number of sulfonamides is 1. The van der Waals surface area contributed by atoms with Crippen molar-refractivity contribution in [3.8, 4) is 0 Å². The molecule has 0 aromatic heterocycles. The molecule has 0 unspecified atom stereocenters. The molecule has 0 spiro atoms. The SMILES string of the molecule is Cc1ccc(N(CC(=O)N(C)Cc2ccccc2)S(=O)(=O)c2ccc(C)cc2)cc1. The van der Waals surface area contributed by atoms with E-state index in [1.54, 1.807) is 48.3 Å². The molecule has 0 saturated heterocycles. The molecule has 1 amide bonds. The highest BCUT2D eigenvalue weighted by Gasteiger charge is 2.28. The average molecular weight is 423 g/mol. The zero-order valence-electron chi connectivity index (χ0n) is 17.4. The first-order valence-electron chi connectivity index (χ1n) is 9.71. The molecule has 0 atom stereocenters. The van der Waals surface area contributed by atoms with Crippen LogP contribution in [-0.2, 0) is 21.4 Å². The summed E-state index contributed by atoms with van der Waals surface area (Å²) in [6.07, 6.45) is 0. The number of rotatable bonds is 7. The molecule has 0 N–H and O–H groups in total. The van der Waals surface area contributed by atoms with Crippen LogP contribution in [0, 0.1) is 13.8 Å². The molecule has 0 aliphatic rings. The fourth-order valence-corrected chi connectivity index (χ4v) is 4.47. The van der Waals surface area contributed by atoms with Crippen LogP contribution in [0.15, 0.2) is 83.8 Å². The average Bonchev–Trinajstić information content (AvgIpc) is 2.73. The van der Waals surface area contributed by atoms with Gasteiger partial charge in [-0.05, 0) is 43.7 Å². The first-order chi connectivity index (χ1) is 14.3. The lowest BCUT2D eigenvalue weighted by molar-refractivity contribution is -0.128. The van der Waals surface area contributed by atoms with Crippen molar-refractivity contribution in [3.63, 3.8) is 0 Å². The Morgan fingerprint density at radius 2 is 1.33 bits per heavy atom. The van der Waals surface area contributed by atoms with Crippen LogP contribution < -0.4 is 4.31 Å². The Morgan fingerprint density at radius 1 is 0.800 bits per heavy atom. The maximum Gasteiger partial charge on any atom is 0.264 e. The molecule has 0 bridgehead atoms. The summed E-state index contributed by atoms with van der Waals surface area (Å²) in [5.41, 5.74) is 3.42. The maximum absolute atomic E-state index is 13.4. The molecular formula is C24H26N2O3S. The summed E-state index contributed by atoms with van der Waals surface area (Å²) in [4.78, 5) is 14.7. The Hall–Kier alpha value is -3.12. The van der Waals surface area contributed by atoms with Crippen LogP contribution in [0.25, 0.3) is 0 Å². The van der Waals surface area contributed by atoms with Crippen molar-refractivity contribution in [2.24, 2.45) is 0 Å². The smallest absolute Gasteiger partial charge is 0.264 e. The molecule has 3 rings (SSSR count). The number of hydrogen-bond acceptors (Lipinski definition) is 3. The van der Waals surface area contributed by atoms with Gasteiger partial charge in [0.2, 0.25) is 5.91 Å². The van der Waals surface area contributed by atoms with Crippen LogP contribution in [-0.4, -0.2) is 32.8 Å². The van der Waals surface area contributed by atoms with E-state index in [9.17, 15) is 13.2 Å². The molecule has 0 saturated carbocycles. The molecule has 30 heavy (non-hydrogen) atoms. The van der Waals surface area contributed by atoms with Crippen molar-refractivity contribution in [1.29, 1.82) is 0 Å². The van der Waals surface area contributed by atoms with Crippen LogP contribution in [0.5, 0.6) is 0 Å². The Bertz CT molecular complexity index is 1090.